The second-order valence-electron chi connectivity index (χ2n) is 3.61. The summed E-state index contributed by atoms with van der Waals surface area (Å²) in [5, 5.41) is 0. The van der Waals surface area contributed by atoms with Crippen molar-refractivity contribution in [1.29, 1.82) is 0 Å². The number of hydrogen-bond donors (Lipinski definition) is 0. The SMILES string of the molecule is COCCOC[Si](C)(C)C. The van der Waals surface area contributed by atoms with E-state index in [9.17, 15) is 0 Å². The molecular formula is C7H18O2Si. The number of hydrogen-bond acceptors (Lipinski definition) is 2. The summed E-state index contributed by atoms with van der Waals surface area (Å²) >= 11 is 0. The maximum atomic E-state index is 5.38. The molecule has 0 rings (SSSR count). The molecule has 0 saturated carbocycles. The Balaban J connectivity index is 3.04. The van der Waals surface area contributed by atoms with E-state index >= 15 is 0 Å². The van der Waals surface area contributed by atoms with Gasteiger partial charge in [0.15, 0.2) is 0 Å². The standard InChI is InChI=1S/C7H18O2Si/c1-8-5-6-9-7-10(2,3)4/h5-7H2,1-4H3. The summed E-state index contributed by atoms with van der Waals surface area (Å²) in [6.07, 6.45) is 0.941. The highest BCUT2D eigenvalue weighted by Gasteiger charge is 2.12. The maximum absolute atomic E-state index is 5.38. The molecule has 62 valence electrons. The van der Waals surface area contributed by atoms with E-state index in [0.29, 0.717) is 6.61 Å². The van der Waals surface area contributed by atoms with E-state index in [1.165, 1.54) is 0 Å². The first-order valence-corrected chi connectivity index (χ1v) is 7.33. The molecule has 3 heteroatoms. The van der Waals surface area contributed by atoms with E-state index in [1.54, 1.807) is 7.11 Å². The Hall–Kier alpha value is 0.137. The molecule has 0 unspecified atom stereocenters. The summed E-state index contributed by atoms with van der Waals surface area (Å²) in [6, 6.07) is 0. The lowest BCUT2D eigenvalue weighted by Crippen LogP contribution is -2.28. The zero-order valence-corrected chi connectivity index (χ0v) is 8.44. The van der Waals surface area contributed by atoms with Crippen molar-refractivity contribution in [3.05, 3.63) is 0 Å². The summed E-state index contributed by atoms with van der Waals surface area (Å²) in [6.45, 7) is 8.32. The van der Waals surface area contributed by atoms with Crippen LogP contribution in [0.2, 0.25) is 19.6 Å². The smallest absolute Gasteiger partial charge is 0.0746 e. The zero-order valence-electron chi connectivity index (χ0n) is 7.44. The van der Waals surface area contributed by atoms with Gasteiger partial charge in [-0.1, -0.05) is 19.6 Å². The van der Waals surface area contributed by atoms with Gasteiger partial charge < -0.3 is 9.47 Å². The van der Waals surface area contributed by atoms with Crippen LogP contribution in [-0.2, 0) is 9.47 Å². The fourth-order valence-electron chi connectivity index (χ4n) is 0.521. The maximum Gasteiger partial charge on any atom is 0.0746 e. The first-order valence-electron chi connectivity index (χ1n) is 3.63. The summed E-state index contributed by atoms with van der Waals surface area (Å²) in [5.41, 5.74) is 0. The Bertz CT molecular complexity index is 78.2. The van der Waals surface area contributed by atoms with Crippen molar-refractivity contribution in [2.24, 2.45) is 0 Å². The monoisotopic (exact) mass is 162 g/mol. The van der Waals surface area contributed by atoms with Crippen LogP contribution >= 0.6 is 0 Å². The van der Waals surface area contributed by atoms with Gasteiger partial charge in [0.1, 0.15) is 0 Å². The number of ether oxygens (including phenoxy) is 2. The van der Waals surface area contributed by atoms with Crippen LogP contribution in [0.5, 0.6) is 0 Å². The van der Waals surface area contributed by atoms with Crippen molar-refractivity contribution in [1.82, 2.24) is 0 Å². The molecule has 10 heavy (non-hydrogen) atoms. The van der Waals surface area contributed by atoms with Crippen molar-refractivity contribution < 1.29 is 9.47 Å². The Kier molecular flexibility index (Phi) is 4.94. The molecule has 0 heterocycles. The van der Waals surface area contributed by atoms with Crippen molar-refractivity contribution >= 4 is 8.07 Å². The predicted molar refractivity (Wildman–Crippen MR) is 46.0 cm³/mol. The molecule has 0 aromatic heterocycles. The van der Waals surface area contributed by atoms with Gasteiger partial charge in [-0.3, -0.25) is 0 Å². The molecule has 0 amide bonds. The van der Waals surface area contributed by atoms with Crippen molar-refractivity contribution in [3.8, 4) is 0 Å². The van der Waals surface area contributed by atoms with Gasteiger partial charge >= 0.3 is 0 Å². The molecule has 0 radical (unpaired) electrons. The van der Waals surface area contributed by atoms with Crippen molar-refractivity contribution in [3.63, 3.8) is 0 Å². The second-order valence-corrected chi connectivity index (χ2v) is 9.02. The minimum absolute atomic E-state index is 0.713. The average molecular weight is 162 g/mol. The lowest BCUT2D eigenvalue weighted by atomic mass is 10.8. The van der Waals surface area contributed by atoms with Gasteiger partial charge in [0.2, 0.25) is 0 Å². The second kappa shape index (κ2) is 4.88. The van der Waals surface area contributed by atoms with Crippen LogP contribution in [0.1, 0.15) is 0 Å². The normalized spacial score (nSPS) is 12.0. The van der Waals surface area contributed by atoms with E-state index < -0.39 is 8.07 Å². The molecule has 0 aromatic carbocycles. The van der Waals surface area contributed by atoms with Crippen LogP contribution in [0.3, 0.4) is 0 Å². The third-order valence-corrected chi connectivity index (χ3v) is 2.04. The highest BCUT2D eigenvalue weighted by Crippen LogP contribution is 1.99. The number of rotatable bonds is 5. The molecule has 0 spiro atoms. The Morgan fingerprint density at radius 1 is 1.10 bits per heavy atom. The molecule has 0 aliphatic carbocycles. The van der Waals surface area contributed by atoms with E-state index in [0.717, 1.165) is 12.8 Å². The van der Waals surface area contributed by atoms with Crippen molar-refractivity contribution in [2.45, 2.75) is 19.6 Å². The molecule has 0 atom stereocenters. The van der Waals surface area contributed by atoms with Gasteiger partial charge in [-0.25, -0.2) is 0 Å². The van der Waals surface area contributed by atoms with Crippen LogP contribution in [0, 0.1) is 0 Å². The molecule has 2 nitrogen and oxygen atoms in total. The van der Waals surface area contributed by atoms with Crippen LogP contribution in [-0.4, -0.2) is 34.6 Å². The molecule has 0 saturated heterocycles. The fraction of sp³-hybridized carbons (Fsp3) is 1.00. The largest absolute Gasteiger partial charge is 0.382 e. The van der Waals surface area contributed by atoms with E-state index in [1.807, 2.05) is 0 Å². The minimum Gasteiger partial charge on any atom is -0.382 e. The predicted octanol–water partition coefficient (Wildman–Crippen LogP) is 1.53. The van der Waals surface area contributed by atoms with Crippen LogP contribution in [0.15, 0.2) is 0 Å². The van der Waals surface area contributed by atoms with E-state index in [4.69, 9.17) is 9.47 Å². The lowest BCUT2D eigenvalue weighted by Gasteiger charge is -2.15. The molecule has 0 aliphatic rings. The van der Waals surface area contributed by atoms with Gasteiger partial charge in [-0.2, -0.15) is 0 Å². The van der Waals surface area contributed by atoms with Crippen molar-refractivity contribution in [2.75, 3.05) is 26.6 Å². The van der Waals surface area contributed by atoms with Crippen LogP contribution in [0.25, 0.3) is 0 Å². The van der Waals surface area contributed by atoms with Crippen LogP contribution < -0.4 is 0 Å². The van der Waals surface area contributed by atoms with E-state index in [2.05, 4.69) is 19.6 Å². The summed E-state index contributed by atoms with van der Waals surface area (Å²) in [4.78, 5) is 0. The highest BCUT2D eigenvalue weighted by atomic mass is 28.3. The molecule has 0 bridgehead atoms. The topological polar surface area (TPSA) is 18.5 Å². The van der Waals surface area contributed by atoms with Gasteiger partial charge in [0.05, 0.1) is 21.3 Å². The summed E-state index contributed by atoms with van der Waals surface area (Å²) in [5.74, 6) is 0. The number of methoxy groups -OCH3 is 1. The summed E-state index contributed by atoms with van der Waals surface area (Å²) < 4.78 is 10.2. The third kappa shape index (κ3) is 8.14. The first kappa shape index (κ1) is 10.1. The zero-order chi connectivity index (χ0) is 8.04. The molecule has 0 fully saturated rings. The van der Waals surface area contributed by atoms with Crippen LogP contribution in [0.4, 0.5) is 0 Å². The van der Waals surface area contributed by atoms with Gasteiger partial charge in [0.25, 0.3) is 0 Å². The Morgan fingerprint density at radius 2 is 1.70 bits per heavy atom. The molecule has 0 aliphatic heterocycles. The highest BCUT2D eigenvalue weighted by molar-refractivity contribution is 6.76. The Morgan fingerprint density at radius 3 is 2.10 bits per heavy atom. The lowest BCUT2D eigenvalue weighted by molar-refractivity contribution is 0.0907. The first-order chi connectivity index (χ1) is 4.56. The minimum atomic E-state index is -0.985. The van der Waals surface area contributed by atoms with Gasteiger partial charge in [-0.05, 0) is 0 Å². The molecular weight excluding hydrogens is 144 g/mol. The quantitative estimate of drug-likeness (QED) is 0.451. The summed E-state index contributed by atoms with van der Waals surface area (Å²) in [7, 11) is 0.707. The fourth-order valence-corrected chi connectivity index (χ4v) is 1.28. The molecule has 0 N–H and O–H groups in total. The third-order valence-electron chi connectivity index (χ3n) is 0.967. The molecule has 0 aromatic rings. The van der Waals surface area contributed by atoms with Gasteiger partial charge in [0, 0.05) is 13.3 Å². The van der Waals surface area contributed by atoms with E-state index in [-0.39, 0.29) is 0 Å². The van der Waals surface area contributed by atoms with Gasteiger partial charge in [-0.15, -0.1) is 0 Å². The Labute approximate surface area is 64.5 Å². The average Bonchev–Trinajstić information content (AvgIpc) is 1.78.